The minimum Gasteiger partial charge on any atom is -0.481 e. The third-order valence-electron chi connectivity index (χ3n) is 4.07. The summed E-state index contributed by atoms with van der Waals surface area (Å²) in [4.78, 5) is 10.3. The van der Waals surface area contributed by atoms with E-state index in [1.54, 1.807) is 0 Å². The number of nitrogens with two attached hydrogens (primary N) is 1. The van der Waals surface area contributed by atoms with Gasteiger partial charge in [0.1, 0.15) is 0 Å². The van der Waals surface area contributed by atoms with Gasteiger partial charge in [-0.15, -0.1) is 0 Å². The Labute approximate surface area is 214 Å². The molecule has 13 heteroatoms. The molecule has 36 heavy (non-hydrogen) atoms. The van der Waals surface area contributed by atoms with Gasteiger partial charge in [-0.25, -0.2) is 0 Å². The van der Waals surface area contributed by atoms with Crippen molar-refractivity contribution >= 4 is 5.97 Å². The van der Waals surface area contributed by atoms with Gasteiger partial charge >= 0.3 is 5.97 Å². The van der Waals surface area contributed by atoms with Gasteiger partial charge in [-0.2, -0.15) is 0 Å². The molecule has 0 unspecified atom stereocenters. The third kappa shape index (κ3) is 33.0. The first-order valence-electron chi connectivity index (χ1n) is 12.5. The first kappa shape index (κ1) is 35.0. The van der Waals surface area contributed by atoms with Gasteiger partial charge in [0.05, 0.1) is 139 Å². The van der Waals surface area contributed by atoms with E-state index in [0.717, 1.165) is 0 Å². The van der Waals surface area contributed by atoms with Gasteiger partial charge in [-0.05, 0) is 0 Å². The van der Waals surface area contributed by atoms with E-state index in [9.17, 15) is 4.79 Å². The van der Waals surface area contributed by atoms with Gasteiger partial charge in [0.15, 0.2) is 0 Å². The second-order valence-electron chi connectivity index (χ2n) is 7.06. The Morgan fingerprint density at radius 1 is 0.389 bits per heavy atom. The van der Waals surface area contributed by atoms with Gasteiger partial charge in [-0.3, -0.25) is 4.79 Å². The zero-order valence-corrected chi connectivity index (χ0v) is 21.6. The maximum absolute atomic E-state index is 10.3. The monoisotopic (exact) mass is 529 g/mol. The van der Waals surface area contributed by atoms with E-state index in [1.807, 2.05) is 0 Å². The van der Waals surface area contributed by atoms with Gasteiger partial charge < -0.3 is 58.2 Å². The zero-order chi connectivity index (χ0) is 26.2. The van der Waals surface area contributed by atoms with E-state index in [1.165, 1.54) is 0 Å². The van der Waals surface area contributed by atoms with Crippen LogP contribution in [0.3, 0.4) is 0 Å². The molecule has 0 fully saturated rings. The molecule has 0 atom stereocenters. The van der Waals surface area contributed by atoms with Gasteiger partial charge in [0.25, 0.3) is 0 Å². The molecule has 0 radical (unpaired) electrons. The van der Waals surface area contributed by atoms with Crippen molar-refractivity contribution < 1.29 is 57.3 Å². The molecule has 0 heterocycles. The highest BCUT2D eigenvalue weighted by Crippen LogP contribution is 1.87. The van der Waals surface area contributed by atoms with Crippen LogP contribution in [0.15, 0.2) is 0 Å². The molecule has 0 bridgehead atoms. The summed E-state index contributed by atoms with van der Waals surface area (Å²) in [5.41, 5.74) is 5.31. The highest BCUT2D eigenvalue weighted by molar-refractivity contribution is 5.66. The topological polar surface area (TPSA) is 156 Å². The molecule has 3 N–H and O–H groups in total. The first-order valence-corrected chi connectivity index (χ1v) is 12.5. The van der Waals surface area contributed by atoms with Gasteiger partial charge in [-0.1, -0.05) is 0 Å². The average Bonchev–Trinajstić information content (AvgIpc) is 2.87. The van der Waals surface area contributed by atoms with Crippen LogP contribution in [0, 0.1) is 0 Å². The van der Waals surface area contributed by atoms with Crippen LogP contribution >= 0.6 is 0 Å². The average molecular weight is 530 g/mol. The lowest BCUT2D eigenvalue weighted by Gasteiger charge is -2.09. The lowest BCUT2D eigenvalue weighted by atomic mass is 10.5. The van der Waals surface area contributed by atoms with Crippen molar-refractivity contribution in [1.82, 2.24) is 0 Å². The Bertz CT molecular complexity index is 434. The van der Waals surface area contributed by atoms with Crippen LogP contribution in [0.1, 0.15) is 6.42 Å². The fraction of sp³-hybridized carbons (Fsp3) is 0.957. The van der Waals surface area contributed by atoms with E-state index < -0.39 is 5.97 Å². The van der Waals surface area contributed by atoms with E-state index in [-0.39, 0.29) is 13.0 Å². The minimum absolute atomic E-state index is 0.000534. The SMILES string of the molecule is NCCOCCOCCOCCOCCOCCOCCOCCOCCOCCOCCC(=O)O. The maximum Gasteiger partial charge on any atom is 0.305 e. The molecule has 0 aliphatic heterocycles. The standard InChI is InChI=1S/C23H47NO12/c24-2-4-28-6-8-30-10-12-32-14-16-34-18-20-36-22-21-35-19-17-33-15-13-31-11-9-29-7-5-27-3-1-23(25)26/h1-22,24H2,(H,25,26). The van der Waals surface area contributed by atoms with Crippen molar-refractivity contribution in [2.24, 2.45) is 5.73 Å². The van der Waals surface area contributed by atoms with Crippen molar-refractivity contribution in [3.63, 3.8) is 0 Å². The lowest BCUT2D eigenvalue weighted by molar-refractivity contribution is -0.138. The quantitative estimate of drug-likeness (QED) is 0.109. The molecule has 0 saturated heterocycles. The van der Waals surface area contributed by atoms with Crippen molar-refractivity contribution in [3.8, 4) is 0 Å². The number of hydrogen-bond acceptors (Lipinski definition) is 12. The third-order valence-corrected chi connectivity index (χ3v) is 4.07. The Morgan fingerprint density at radius 3 is 0.778 bits per heavy atom. The van der Waals surface area contributed by atoms with Crippen LogP contribution < -0.4 is 5.73 Å². The summed E-state index contributed by atoms with van der Waals surface area (Å²) >= 11 is 0. The minimum atomic E-state index is -0.872. The zero-order valence-electron chi connectivity index (χ0n) is 21.6. The fourth-order valence-corrected chi connectivity index (χ4v) is 2.32. The number of carboxylic acids is 1. The summed E-state index contributed by atoms with van der Waals surface area (Å²) in [6.07, 6.45) is 0.000534. The van der Waals surface area contributed by atoms with Crippen LogP contribution in [0.25, 0.3) is 0 Å². The molecule has 0 aromatic heterocycles. The summed E-state index contributed by atoms with van der Waals surface area (Å²) < 4.78 is 53.4. The summed E-state index contributed by atoms with van der Waals surface area (Å²) in [7, 11) is 0. The Balaban J connectivity index is 3.02. The molecule has 13 nitrogen and oxygen atoms in total. The summed E-state index contributed by atoms with van der Waals surface area (Å²) in [6, 6.07) is 0. The van der Waals surface area contributed by atoms with Crippen LogP contribution in [0.5, 0.6) is 0 Å². The van der Waals surface area contributed by atoms with E-state index in [2.05, 4.69) is 0 Å². The molecule has 0 aromatic carbocycles. The first-order chi connectivity index (χ1) is 17.8. The van der Waals surface area contributed by atoms with Crippen molar-refractivity contribution in [3.05, 3.63) is 0 Å². The molecule has 0 saturated carbocycles. The number of ether oxygens (including phenoxy) is 10. The Hall–Kier alpha value is -0.970. The van der Waals surface area contributed by atoms with Gasteiger partial charge in [0, 0.05) is 6.54 Å². The normalized spacial score (nSPS) is 11.4. The molecule has 0 aromatic rings. The molecule has 0 rings (SSSR count). The fourth-order valence-electron chi connectivity index (χ4n) is 2.32. The van der Waals surface area contributed by atoms with Crippen molar-refractivity contribution in [1.29, 1.82) is 0 Å². The highest BCUT2D eigenvalue weighted by atomic mass is 16.6. The van der Waals surface area contributed by atoms with Crippen LogP contribution in [-0.4, -0.2) is 150 Å². The maximum atomic E-state index is 10.3. The number of rotatable bonds is 32. The van der Waals surface area contributed by atoms with Gasteiger partial charge in [0.2, 0.25) is 0 Å². The smallest absolute Gasteiger partial charge is 0.305 e. The van der Waals surface area contributed by atoms with Crippen molar-refractivity contribution in [2.75, 3.05) is 139 Å². The molecule has 0 spiro atoms. The Morgan fingerprint density at radius 2 is 0.583 bits per heavy atom. The predicted octanol–water partition coefficient (Wildman–Crippen LogP) is -0.414. The number of aliphatic carboxylic acids is 1. The second-order valence-corrected chi connectivity index (χ2v) is 7.06. The van der Waals surface area contributed by atoms with Crippen LogP contribution in [0.2, 0.25) is 0 Å². The van der Waals surface area contributed by atoms with Crippen LogP contribution in [0.4, 0.5) is 0 Å². The van der Waals surface area contributed by atoms with Crippen molar-refractivity contribution in [2.45, 2.75) is 6.42 Å². The summed E-state index contributed by atoms with van der Waals surface area (Å²) in [5, 5.41) is 8.46. The summed E-state index contributed by atoms with van der Waals surface area (Å²) in [6.45, 7) is 10.1. The van der Waals surface area contributed by atoms with E-state index in [0.29, 0.717) is 132 Å². The Kier molecular flexibility index (Phi) is 31.2. The summed E-state index contributed by atoms with van der Waals surface area (Å²) in [5.74, 6) is -0.872. The predicted molar refractivity (Wildman–Crippen MR) is 129 cm³/mol. The molecular formula is C23H47NO12. The largest absolute Gasteiger partial charge is 0.481 e. The second kappa shape index (κ2) is 32.1. The van der Waals surface area contributed by atoms with Crippen LogP contribution in [-0.2, 0) is 52.2 Å². The molecule has 0 aliphatic rings. The number of carboxylic acid groups (broad SMARTS) is 1. The van der Waals surface area contributed by atoms with E-state index >= 15 is 0 Å². The molecule has 216 valence electrons. The molecule has 0 amide bonds. The lowest BCUT2D eigenvalue weighted by Crippen LogP contribution is -2.15. The number of hydrogen-bond donors (Lipinski definition) is 2. The highest BCUT2D eigenvalue weighted by Gasteiger charge is 1.97. The van der Waals surface area contributed by atoms with E-state index in [4.69, 9.17) is 58.2 Å². The molecular weight excluding hydrogens is 482 g/mol. The molecule has 0 aliphatic carbocycles. The number of carbonyl (C=O) groups is 1.